The molecule has 13 nitrogen and oxygen atoms in total. The molecule has 0 saturated carbocycles. The summed E-state index contributed by atoms with van der Waals surface area (Å²) in [6, 6.07) is -3.89. The van der Waals surface area contributed by atoms with Crippen LogP contribution in [0.25, 0.3) is 0 Å². The van der Waals surface area contributed by atoms with E-state index in [0.717, 1.165) is 0 Å². The molecular formula is C16H30N6O7. The van der Waals surface area contributed by atoms with Crippen molar-refractivity contribution >= 4 is 29.6 Å². The van der Waals surface area contributed by atoms with Crippen molar-refractivity contribution in [3.63, 3.8) is 0 Å². The largest absolute Gasteiger partial charge is 0.480 e. The Morgan fingerprint density at radius 3 is 2.10 bits per heavy atom. The molecule has 0 aromatic heterocycles. The normalized spacial score (nSPS) is 14.8. The zero-order valence-corrected chi connectivity index (χ0v) is 16.2. The lowest BCUT2D eigenvalue weighted by Gasteiger charge is -2.25. The molecule has 0 fully saturated rings. The predicted molar refractivity (Wildman–Crippen MR) is 101 cm³/mol. The molecule has 0 heterocycles. The number of aliphatic carboxylic acids is 1. The van der Waals surface area contributed by atoms with Crippen molar-refractivity contribution in [3.8, 4) is 0 Å². The number of aliphatic hydroxyl groups excluding tert-OH is 1. The summed E-state index contributed by atoms with van der Waals surface area (Å²) in [7, 11) is 0. The Kier molecular flexibility index (Phi) is 12.1. The minimum atomic E-state index is -1.49. The van der Waals surface area contributed by atoms with Gasteiger partial charge >= 0.3 is 5.97 Å². The smallest absolute Gasteiger partial charge is 0.322 e. The lowest BCUT2D eigenvalue weighted by molar-refractivity contribution is -0.139. The van der Waals surface area contributed by atoms with E-state index in [1.54, 1.807) is 0 Å². The van der Waals surface area contributed by atoms with Gasteiger partial charge in [0.2, 0.25) is 23.6 Å². The number of rotatable bonds is 14. The minimum absolute atomic E-state index is 0.319. The summed E-state index contributed by atoms with van der Waals surface area (Å²) in [5.74, 6) is -4.89. The van der Waals surface area contributed by atoms with Crippen LogP contribution in [0, 0.1) is 0 Å². The van der Waals surface area contributed by atoms with Gasteiger partial charge in [0.15, 0.2) is 0 Å². The number of carbonyl (C=O) groups excluding carboxylic acids is 4. The van der Waals surface area contributed by atoms with Crippen molar-refractivity contribution in [2.75, 3.05) is 13.1 Å². The molecule has 4 atom stereocenters. The van der Waals surface area contributed by atoms with Crippen LogP contribution in [0.2, 0.25) is 0 Å². The van der Waals surface area contributed by atoms with Crippen molar-refractivity contribution in [1.29, 1.82) is 0 Å². The molecule has 4 amide bonds. The Morgan fingerprint density at radius 2 is 1.62 bits per heavy atom. The maximum Gasteiger partial charge on any atom is 0.322 e. The average molecular weight is 418 g/mol. The standard InChI is InChI=1S/C16H30N6O7/c1-8(23)13(22-14(27)9(18)4-2-3-5-17)16(29)21-10(6-11(19)24)15(28)20-7-12(25)26/h8-10,13,23H,2-7,17-18H2,1H3,(H2,19,24)(H,20,28)(H,21,29)(H,22,27)(H,25,26). The van der Waals surface area contributed by atoms with E-state index in [9.17, 15) is 29.1 Å². The predicted octanol–water partition coefficient (Wildman–Crippen LogP) is -4.13. The molecule has 0 radical (unpaired) electrons. The van der Waals surface area contributed by atoms with Crippen LogP contribution in [0.3, 0.4) is 0 Å². The van der Waals surface area contributed by atoms with E-state index in [2.05, 4.69) is 10.6 Å². The highest BCUT2D eigenvalue weighted by Crippen LogP contribution is 2.02. The molecular weight excluding hydrogens is 388 g/mol. The third kappa shape index (κ3) is 11.0. The van der Waals surface area contributed by atoms with Crippen LogP contribution in [0.15, 0.2) is 0 Å². The summed E-state index contributed by atoms with van der Waals surface area (Å²) < 4.78 is 0. The summed E-state index contributed by atoms with van der Waals surface area (Å²) in [6.45, 7) is 0.939. The molecule has 11 N–H and O–H groups in total. The van der Waals surface area contributed by atoms with Gasteiger partial charge in [-0.15, -0.1) is 0 Å². The molecule has 0 bridgehead atoms. The third-order valence-corrected chi connectivity index (χ3v) is 3.82. The zero-order valence-electron chi connectivity index (χ0n) is 16.2. The molecule has 0 aliphatic heterocycles. The quantitative estimate of drug-likeness (QED) is 0.128. The summed E-state index contributed by atoms with van der Waals surface area (Å²) >= 11 is 0. The van der Waals surface area contributed by atoms with Crippen LogP contribution >= 0.6 is 0 Å². The monoisotopic (exact) mass is 418 g/mol. The van der Waals surface area contributed by atoms with Gasteiger partial charge in [-0.1, -0.05) is 6.42 Å². The van der Waals surface area contributed by atoms with Gasteiger partial charge in [-0.2, -0.15) is 0 Å². The van der Waals surface area contributed by atoms with Gasteiger partial charge in [0, 0.05) is 0 Å². The average Bonchev–Trinajstić information content (AvgIpc) is 2.62. The third-order valence-electron chi connectivity index (χ3n) is 3.82. The minimum Gasteiger partial charge on any atom is -0.480 e. The highest BCUT2D eigenvalue weighted by Gasteiger charge is 2.31. The second-order valence-corrected chi connectivity index (χ2v) is 6.46. The molecule has 29 heavy (non-hydrogen) atoms. The Labute approximate surface area is 167 Å². The van der Waals surface area contributed by atoms with E-state index in [1.165, 1.54) is 6.92 Å². The molecule has 0 aromatic carbocycles. The van der Waals surface area contributed by atoms with Crippen molar-refractivity contribution in [2.24, 2.45) is 17.2 Å². The molecule has 166 valence electrons. The molecule has 0 aliphatic rings. The second kappa shape index (κ2) is 13.4. The van der Waals surface area contributed by atoms with Gasteiger partial charge in [0.25, 0.3) is 0 Å². The highest BCUT2D eigenvalue weighted by atomic mass is 16.4. The summed E-state index contributed by atoms with van der Waals surface area (Å²) in [5.41, 5.74) is 16.2. The first-order valence-electron chi connectivity index (χ1n) is 9.01. The van der Waals surface area contributed by atoms with Crippen molar-refractivity contribution in [2.45, 2.75) is 56.8 Å². The Balaban J connectivity index is 5.08. The van der Waals surface area contributed by atoms with Crippen LogP contribution in [0.1, 0.15) is 32.6 Å². The second-order valence-electron chi connectivity index (χ2n) is 6.46. The Bertz CT molecular complexity index is 598. The summed E-state index contributed by atoms with van der Waals surface area (Å²) in [6.07, 6.45) is -0.385. The van der Waals surface area contributed by atoms with Crippen LogP contribution in [0.4, 0.5) is 0 Å². The van der Waals surface area contributed by atoms with Gasteiger partial charge in [-0.25, -0.2) is 0 Å². The number of unbranched alkanes of at least 4 members (excludes halogenated alkanes) is 1. The fraction of sp³-hybridized carbons (Fsp3) is 0.688. The Morgan fingerprint density at radius 1 is 1.00 bits per heavy atom. The van der Waals surface area contributed by atoms with E-state index in [4.69, 9.17) is 22.3 Å². The van der Waals surface area contributed by atoms with Crippen LogP contribution < -0.4 is 33.2 Å². The summed E-state index contributed by atoms with van der Waals surface area (Å²) in [5, 5.41) is 24.9. The maximum absolute atomic E-state index is 12.4. The topological polar surface area (TPSA) is 240 Å². The summed E-state index contributed by atoms with van der Waals surface area (Å²) in [4.78, 5) is 58.3. The van der Waals surface area contributed by atoms with Gasteiger partial charge in [-0.05, 0) is 26.3 Å². The molecule has 4 unspecified atom stereocenters. The SMILES string of the molecule is CC(O)C(NC(=O)C(N)CCCCN)C(=O)NC(CC(N)=O)C(=O)NCC(=O)O. The number of hydrogen-bond acceptors (Lipinski definition) is 8. The molecule has 0 saturated heterocycles. The number of nitrogens with one attached hydrogen (secondary N) is 3. The lowest BCUT2D eigenvalue weighted by atomic mass is 10.1. The van der Waals surface area contributed by atoms with Gasteiger partial charge < -0.3 is 43.4 Å². The highest BCUT2D eigenvalue weighted by molar-refractivity contribution is 5.95. The van der Waals surface area contributed by atoms with Crippen LogP contribution in [-0.4, -0.2) is 77.1 Å². The number of aliphatic hydroxyl groups is 1. The number of carboxylic acids is 1. The fourth-order valence-corrected chi connectivity index (χ4v) is 2.26. The van der Waals surface area contributed by atoms with Crippen molar-refractivity contribution in [3.05, 3.63) is 0 Å². The number of carboxylic acid groups (broad SMARTS) is 1. The van der Waals surface area contributed by atoms with Crippen LogP contribution in [0.5, 0.6) is 0 Å². The Hall–Kier alpha value is -2.77. The molecule has 0 aliphatic carbocycles. The fourth-order valence-electron chi connectivity index (χ4n) is 2.26. The van der Waals surface area contributed by atoms with E-state index < -0.39 is 66.8 Å². The van der Waals surface area contributed by atoms with Crippen molar-refractivity contribution in [1.82, 2.24) is 16.0 Å². The number of primary amides is 1. The maximum atomic E-state index is 12.4. The van der Waals surface area contributed by atoms with E-state index in [1.807, 2.05) is 5.32 Å². The zero-order chi connectivity index (χ0) is 22.6. The van der Waals surface area contributed by atoms with Crippen molar-refractivity contribution < 1.29 is 34.2 Å². The lowest BCUT2D eigenvalue weighted by Crippen LogP contribution is -2.59. The number of carbonyl (C=O) groups is 5. The number of hydrogen-bond donors (Lipinski definition) is 8. The molecule has 13 heteroatoms. The molecule has 0 spiro atoms. The number of nitrogens with two attached hydrogens (primary N) is 3. The van der Waals surface area contributed by atoms with Gasteiger partial charge in [0.1, 0.15) is 18.6 Å². The molecule has 0 aromatic rings. The van der Waals surface area contributed by atoms with E-state index >= 15 is 0 Å². The first kappa shape index (κ1) is 26.2. The number of amides is 4. The van der Waals surface area contributed by atoms with E-state index in [-0.39, 0.29) is 0 Å². The van der Waals surface area contributed by atoms with Gasteiger partial charge in [0.05, 0.1) is 18.6 Å². The van der Waals surface area contributed by atoms with E-state index in [0.29, 0.717) is 25.8 Å². The first-order chi connectivity index (χ1) is 13.5. The first-order valence-corrected chi connectivity index (χ1v) is 9.01. The van der Waals surface area contributed by atoms with Gasteiger partial charge in [-0.3, -0.25) is 24.0 Å². The molecule has 0 rings (SSSR count). The van der Waals surface area contributed by atoms with Crippen LogP contribution in [-0.2, 0) is 24.0 Å².